The van der Waals surface area contributed by atoms with Gasteiger partial charge in [-0.1, -0.05) is 32.8 Å². The molecule has 5 heteroatoms. The number of rotatable bonds is 5. The summed E-state index contributed by atoms with van der Waals surface area (Å²) in [5.74, 6) is 0.778. The predicted molar refractivity (Wildman–Crippen MR) is 112 cm³/mol. The molecule has 2 bridgehead atoms. The van der Waals surface area contributed by atoms with Crippen LogP contribution in [0.4, 0.5) is 4.79 Å². The van der Waals surface area contributed by atoms with Gasteiger partial charge in [-0.25, -0.2) is 4.79 Å². The Morgan fingerprint density at radius 2 is 2.07 bits per heavy atom. The number of carbonyl (C=O) groups excluding carboxylic acids is 1. The van der Waals surface area contributed by atoms with E-state index in [-0.39, 0.29) is 18.3 Å². The average molecular weight is 402 g/mol. The number of likely N-dealkylation sites (tertiary alicyclic amines) is 1. The maximum atomic E-state index is 11.7. The average Bonchev–Trinajstić information content (AvgIpc) is 2.70. The molecule has 1 aromatic carbocycles. The number of carbonyl (C=O) groups is 1. The fraction of sp³-hybridized carbons (Fsp3) is 0.708. The number of fused-ring (bicyclic) bond motifs is 1. The molecule has 4 atom stereocenters. The van der Waals surface area contributed by atoms with Crippen molar-refractivity contribution in [3.05, 3.63) is 29.3 Å². The van der Waals surface area contributed by atoms with Crippen LogP contribution in [0.5, 0.6) is 5.75 Å². The van der Waals surface area contributed by atoms with E-state index in [1.54, 1.807) is 0 Å². The number of piperidine rings is 1. The molecule has 0 amide bonds. The van der Waals surface area contributed by atoms with Crippen LogP contribution >= 0.6 is 0 Å². The lowest BCUT2D eigenvalue weighted by atomic mass is 9.45. The first kappa shape index (κ1) is 20.5. The molecule has 1 aromatic rings. The van der Waals surface area contributed by atoms with E-state index in [1.807, 2.05) is 19.9 Å². The highest BCUT2D eigenvalue weighted by atomic mass is 16.8. The van der Waals surface area contributed by atoms with Gasteiger partial charge in [-0.2, -0.15) is 0 Å². The first-order valence-electron chi connectivity index (χ1n) is 11.2. The summed E-state index contributed by atoms with van der Waals surface area (Å²) in [5.41, 5.74) is 3.50. The topological polar surface area (TPSA) is 48.0 Å². The van der Waals surface area contributed by atoms with Crippen molar-refractivity contribution in [2.45, 2.75) is 83.3 Å². The van der Waals surface area contributed by atoms with Gasteiger partial charge in [0, 0.05) is 11.5 Å². The van der Waals surface area contributed by atoms with Crippen LogP contribution in [0.1, 0.15) is 70.4 Å². The van der Waals surface area contributed by atoms with Crippen LogP contribution in [-0.4, -0.2) is 43.6 Å². The van der Waals surface area contributed by atoms with Gasteiger partial charge in [0.25, 0.3) is 0 Å². The highest BCUT2D eigenvalue weighted by Crippen LogP contribution is 2.62. The van der Waals surface area contributed by atoms with Crippen molar-refractivity contribution >= 4 is 6.16 Å². The summed E-state index contributed by atoms with van der Waals surface area (Å²) in [5, 5.41) is 0. The van der Waals surface area contributed by atoms with Crippen molar-refractivity contribution in [2.24, 2.45) is 5.41 Å². The van der Waals surface area contributed by atoms with Crippen molar-refractivity contribution in [2.75, 3.05) is 20.4 Å². The maximum Gasteiger partial charge on any atom is 0.511 e. The third-order valence-corrected chi connectivity index (χ3v) is 8.09. The van der Waals surface area contributed by atoms with E-state index in [0.717, 1.165) is 25.1 Å². The second-order valence-corrected chi connectivity index (χ2v) is 9.47. The molecule has 0 spiro atoms. The van der Waals surface area contributed by atoms with Crippen molar-refractivity contribution < 1.29 is 19.0 Å². The van der Waals surface area contributed by atoms with Crippen molar-refractivity contribution in [3.8, 4) is 5.75 Å². The highest BCUT2D eigenvalue weighted by Gasteiger charge is 2.60. The molecule has 0 aromatic heterocycles. The Hall–Kier alpha value is -1.75. The molecule has 4 rings (SSSR count). The summed E-state index contributed by atoms with van der Waals surface area (Å²) in [6.45, 7) is 7.38. The predicted octanol–water partition coefficient (Wildman–Crippen LogP) is 5.05. The third-order valence-electron chi connectivity index (χ3n) is 8.09. The summed E-state index contributed by atoms with van der Waals surface area (Å²) in [7, 11) is 2.30. The van der Waals surface area contributed by atoms with Gasteiger partial charge >= 0.3 is 6.16 Å². The summed E-state index contributed by atoms with van der Waals surface area (Å²) in [4.78, 5) is 14.3. The second-order valence-electron chi connectivity index (χ2n) is 9.47. The molecule has 29 heavy (non-hydrogen) atoms. The quantitative estimate of drug-likeness (QED) is 0.510. The van der Waals surface area contributed by atoms with Crippen LogP contribution in [0.25, 0.3) is 0 Å². The number of nitrogens with zero attached hydrogens (tertiary/aromatic N) is 1. The van der Waals surface area contributed by atoms with Gasteiger partial charge in [0.05, 0.1) is 0 Å². The van der Waals surface area contributed by atoms with Gasteiger partial charge < -0.3 is 19.1 Å². The van der Waals surface area contributed by atoms with Gasteiger partial charge in [-0.05, 0) is 81.3 Å². The van der Waals surface area contributed by atoms with Crippen LogP contribution in [-0.2, 0) is 21.3 Å². The number of likely N-dealkylation sites (N-methyl/N-ethyl adjacent to an activating group) is 1. The molecule has 1 unspecified atom stereocenters. The summed E-state index contributed by atoms with van der Waals surface area (Å²) >= 11 is 0. The monoisotopic (exact) mass is 401 g/mol. The molecule has 2 aliphatic carbocycles. The third kappa shape index (κ3) is 3.41. The Labute approximate surface area is 174 Å². The van der Waals surface area contributed by atoms with Crippen molar-refractivity contribution in [1.82, 2.24) is 4.90 Å². The molecule has 5 nitrogen and oxygen atoms in total. The molecule has 160 valence electrons. The standard InChI is InChI=1S/C24H35NO4/c1-5-17(2)29-22(26)28-16-27-19-9-8-18-14-21-23(3)10-6-7-11-24(23,20(18)15-19)12-13-25(21)4/h8-9,15,17,21H,5-7,10-14,16H2,1-4H3/t17?,21-,23+,24+/m0/s1. The lowest BCUT2D eigenvalue weighted by molar-refractivity contribution is -0.0737. The van der Waals surface area contributed by atoms with Gasteiger partial charge in [0.1, 0.15) is 11.9 Å². The molecular formula is C24H35NO4. The molecule has 1 saturated heterocycles. The number of hydrogen-bond acceptors (Lipinski definition) is 5. The Kier molecular flexibility index (Phi) is 5.54. The van der Waals surface area contributed by atoms with E-state index < -0.39 is 6.16 Å². The zero-order valence-corrected chi connectivity index (χ0v) is 18.3. The highest BCUT2D eigenvalue weighted by molar-refractivity contribution is 5.60. The Bertz CT molecular complexity index is 765. The molecule has 1 heterocycles. The second kappa shape index (κ2) is 7.82. The Morgan fingerprint density at radius 1 is 1.28 bits per heavy atom. The molecule has 1 aliphatic heterocycles. The Balaban J connectivity index is 1.53. The van der Waals surface area contributed by atoms with Gasteiger partial charge in [0.15, 0.2) is 0 Å². The minimum Gasteiger partial charge on any atom is -0.457 e. The van der Waals surface area contributed by atoms with E-state index >= 15 is 0 Å². The zero-order valence-electron chi connectivity index (χ0n) is 18.3. The summed E-state index contributed by atoms with van der Waals surface area (Å²) in [6.07, 6.45) is 7.48. The number of benzene rings is 1. The smallest absolute Gasteiger partial charge is 0.457 e. The molecular weight excluding hydrogens is 366 g/mol. The molecule has 0 N–H and O–H groups in total. The maximum absolute atomic E-state index is 11.7. The van der Waals surface area contributed by atoms with Crippen LogP contribution < -0.4 is 4.74 Å². The molecule has 3 aliphatic rings. The van der Waals surface area contributed by atoms with Gasteiger partial charge in [-0.3, -0.25) is 0 Å². The fourth-order valence-corrected chi connectivity index (χ4v) is 6.21. The fourth-order valence-electron chi connectivity index (χ4n) is 6.21. The van der Waals surface area contributed by atoms with E-state index in [0.29, 0.717) is 11.5 Å². The Morgan fingerprint density at radius 3 is 2.86 bits per heavy atom. The van der Waals surface area contributed by atoms with Gasteiger partial charge in [0.2, 0.25) is 6.79 Å². The summed E-state index contributed by atoms with van der Waals surface area (Å²) in [6, 6.07) is 7.09. The largest absolute Gasteiger partial charge is 0.511 e. The lowest BCUT2D eigenvalue weighted by Crippen LogP contribution is -2.66. The zero-order chi connectivity index (χ0) is 20.6. The van der Waals surface area contributed by atoms with E-state index in [4.69, 9.17) is 14.2 Å². The van der Waals surface area contributed by atoms with E-state index in [9.17, 15) is 4.79 Å². The minimum atomic E-state index is -0.672. The molecule has 0 radical (unpaired) electrons. The molecule has 2 fully saturated rings. The van der Waals surface area contributed by atoms with Crippen LogP contribution in [0, 0.1) is 5.41 Å². The van der Waals surface area contributed by atoms with Gasteiger partial charge in [-0.15, -0.1) is 0 Å². The van der Waals surface area contributed by atoms with Crippen molar-refractivity contribution in [3.63, 3.8) is 0 Å². The van der Waals surface area contributed by atoms with Crippen LogP contribution in [0.2, 0.25) is 0 Å². The van der Waals surface area contributed by atoms with Crippen molar-refractivity contribution in [1.29, 1.82) is 0 Å². The first-order chi connectivity index (χ1) is 13.9. The lowest BCUT2D eigenvalue weighted by Gasteiger charge is -2.65. The number of ether oxygens (including phenoxy) is 3. The van der Waals surface area contributed by atoms with E-state index in [1.165, 1.54) is 43.2 Å². The SMILES string of the molecule is CCC(C)OC(=O)OCOc1ccc2c(c1)[C@]13CCCC[C@]1(C)[C@H](C2)N(C)CC3. The molecule has 1 saturated carbocycles. The van der Waals surface area contributed by atoms with E-state index in [2.05, 4.69) is 31.0 Å². The summed E-state index contributed by atoms with van der Waals surface area (Å²) < 4.78 is 16.0. The van der Waals surface area contributed by atoms with Crippen LogP contribution in [0.15, 0.2) is 18.2 Å². The van der Waals surface area contributed by atoms with Crippen LogP contribution in [0.3, 0.4) is 0 Å². The minimum absolute atomic E-state index is 0.121. The number of hydrogen-bond donors (Lipinski definition) is 0. The first-order valence-corrected chi connectivity index (χ1v) is 11.2. The normalized spacial score (nSPS) is 31.9.